The van der Waals surface area contributed by atoms with E-state index in [0.717, 1.165) is 45.2 Å². The van der Waals surface area contributed by atoms with Gasteiger partial charge in [-0.25, -0.2) is 4.98 Å². The van der Waals surface area contributed by atoms with Crippen molar-refractivity contribution in [1.29, 1.82) is 0 Å². The lowest BCUT2D eigenvalue weighted by atomic mass is 10.2. The minimum absolute atomic E-state index is 0.805. The molecule has 4 heteroatoms. The van der Waals surface area contributed by atoms with E-state index in [9.17, 15) is 0 Å². The summed E-state index contributed by atoms with van der Waals surface area (Å²) in [6, 6.07) is 4.22. The van der Waals surface area contributed by atoms with Gasteiger partial charge < -0.3 is 15.0 Å². The smallest absolute Gasteiger partial charge is 0.128 e. The number of rotatable bonds is 4. The number of morpholine rings is 1. The second kappa shape index (κ2) is 5.82. The molecule has 0 spiro atoms. The highest BCUT2D eigenvalue weighted by atomic mass is 16.5. The van der Waals surface area contributed by atoms with Crippen molar-refractivity contribution in [3.05, 3.63) is 23.9 Å². The van der Waals surface area contributed by atoms with Gasteiger partial charge in [-0.1, -0.05) is 6.92 Å². The van der Waals surface area contributed by atoms with E-state index in [1.807, 2.05) is 6.20 Å². The SMILES string of the molecule is CCNCc1ccnc(N2CCOCC2)c1. The van der Waals surface area contributed by atoms with Crippen molar-refractivity contribution in [1.82, 2.24) is 10.3 Å². The monoisotopic (exact) mass is 221 g/mol. The zero-order valence-electron chi connectivity index (χ0n) is 9.78. The number of pyridine rings is 1. The Hall–Kier alpha value is -1.13. The van der Waals surface area contributed by atoms with Crippen LogP contribution in [-0.2, 0) is 11.3 Å². The maximum Gasteiger partial charge on any atom is 0.128 e. The van der Waals surface area contributed by atoms with Crippen LogP contribution in [-0.4, -0.2) is 37.8 Å². The molecule has 2 rings (SSSR count). The molecule has 2 heterocycles. The van der Waals surface area contributed by atoms with Crippen LogP contribution in [0.3, 0.4) is 0 Å². The van der Waals surface area contributed by atoms with Gasteiger partial charge in [0, 0.05) is 25.8 Å². The van der Waals surface area contributed by atoms with Crippen LogP contribution in [0.1, 0.15) is 12.5 Å². The molecule has 0 amide bonds. The number of nitrogens with one attached hydrogen (secondary N) is 1. The highest BCUT2D eigenvalue weighted by molar-refractivity contribution is 5.41. The molecule has 1 fully saturated rings. The third-order valence-electron chi connectivity index (χ3n) is 2.72. The fraction of sp³-hybridized carbons (Fsp3) is 0.583. The van der Waals surface area contributed by atoms with E-state index in [1.165, 1.54) is 5.56 Å². The Balaban J connectivity index is 2.02. The maximum absolute atomic E-state index is 5.33. The van der Waals surface area contributed by atoms with Gasteiger partial charge in [0.1, 0.15) is 5.82 Å². The molecule has 0 bridgehead atoms. The Morgan fingerprint density at radius 2 is 2.25 bits per heavy atom. The summed E-state index contributed by atoms with van der Waals surface area (Å²) in [5.74, 6) is 1.07. The lowest BCUT2D eigenvalue weighted by Gasteiger charge is -2.28. The maximum atomic E-state index is 5.33. The minimum Gasteiger partial charge on any atom is -0.378 e. The first-order valence-electron chi connectivity index (χ1n) is 5.88. The van der Waals surface area contributed by atoms with Crippen molar-refractivity contribution in [3.63, 3.8) is 0 Å². The summed E-state index contributed by atoms with van der Waals surface area (Å²) in [5.41, 5.74) is 1.29. The Morgan fingerprint density at radius 3 is 3.00 bits per heavy atom. The van der Waals surface area contributed by atoms with Crippen molar-refractivity contribution in [2.75, 3.05) is 37.7 Å². The van der Waals surface area contributed by atoms with E-state index in [0.29, 0.717) is 0 Å². The predicted molar refractivity (Wildman–Crippen MR) is 64.6 cm³/mol. The van der Waals surface area contributed by atoms with Crippen LogP contribution >= 0.6 is 0 Å². The molecule has 88 valence electrons. The summed E-state index contributed by atoms with van der Waals surface area (Å²) < 4.78 is 5.33. The highest BCUT2D eigenvalue weighted by Crippen LogP contribution is 2.14. The molecule has 16 heavy (non-hydrogen) atoms. The first-order valence-corrected chi connectivity index (χ1v) is 5.88. The highest BCUT2D eigenvalue weighted by Gasteiger charge is 2.12. The van der Waals surface area contributed by atoms with Crippen molar-refractivity contribution < 1.29 is 4.74 Å². The number of aromatic nitrogens is 1. The van der Waals surface area contributed by atoms with E-state index in [1.54, 1.807) is 0 Å². The van der Waals surface area contributed by atoms with Crippen LogP contribution in [0, 0.1) is 0 Å². The van der Waals surface area contributed by atoms with Gasteiger partial charge in [0.15, 0.2) is 0 Å². The average Bonchev–Trinajstić information content (AvgIpc) is 2.38. The molecular formula is C12H19N3O. The summed E-state index contributed by atoms with van der Waals surface area (Å²) in [7, 11) is 0. The molecule has 1 aliphatic heterocycles. The lowest BCUT2D eigenvalue weighted by molar-refractivity contribution is 0.122. The summed E-state index contributed by atoms with van der Waals surface area (Å²) in [6.07, 6.45) is 1.89. The fourth-order valence-corrected chi connectivity index (χ4v) is 1.81. The molecule has 0 aliphatic carbocycles. The van der Waals surface area contributed by atoms with Crippen LogP contribution in [0.25, 0.3) is 0 Å². The first-order chi connectivity index (χ1) is 7.90. The molecule has 4 nitrogen and oxygen atoms in total. The molecule has 1 saturated heterocycles. The molecule has 1 N–H and O–H groups in total. The van der Waals surface area contributed by atoms with Crippen molar-refractivity contribution >= 4 is 5.82 Å². The minimum atomic E-state index is 0.805. The molecule has 0 saturated carbocycles. The summed E-state index contributed by atoms with van der Waals surface area (Å²) in [5, 5.41) is 3.32. The van der Waals surface area contributed by atoms with Gasteiger partial charge in [-0.15, -0.1) is 0 Å². The Labute approximate surface area is 96.6 Å². The number of ether oxygens (including phenoxy) is 1. The second-order valence-electron chi connectivity index (χ2n) is 3.90. The zero-order valence-corrected chi connectivity index (χ0v) is 9.78. The van der Waals surface area contributed by atoms with E-state index in [-0.39, 0.29) is 0 Å². The van der Waals surface area contributed by atoms with Gasteiger partial charge in [0.25, 0.3) is 0 Å². The Morgan fingerprint density at radius 1 is 1.44 bits per heavy atom. The fourth-order valence-electron chi connectivity index (χ4n) is 1.81. The van der Waals surface area contributed by atoms with Gasteiger partial charge in [-0.3, -0.25) is 0 Å². The molecule has 0 unspecified atom stereocenters. The first kappa shape index (κ1) is 11.4. The van der Waals surface area contributed by atoms with E-state index < -0.39 is 0 Å². The van der Waals surface area contributed by atoms with Crippen LogP contribution < -0.4 is 10.2 Å². The average molecular weight is 221 g/mol. The number of nitrogens with zero attached hydrogens (tertiary/aromatic N) is 2. The van der Waals surface area contributed by atoms with Crippen molar-refractivity contribution in [3.8, 4) is 0 Å². The molecule has 0 aromatic carbocycles. The molecule has 1 aliphatic rings. The van der Waals surface area contributed by atoms with Crippen molar-refractivity contribution in [2.24, 2.45) is 0 Å². The van der Waals surface area contributed by atoms with Crippen LogP contribution in [0.5, 0.6) is 0 Å². The van der Waals surface area contributed by atoms with E-state index in [4.69, 9.17) is 4.74 Å². The van der Waals surface area contributed by atoms with Gasteiger partial charge >= 0.3 is 0 Å². The quantitative estimate of drug-likeness (QED) is 0.824. The molecule has 0 radical (unpaired) electrons. The largest absolute Gasteiger partial charge is 0.378 e. The second-order valence-corrected chi connectivity index (χ2v) is 3.90. The molecule has 0 atom stereocenters. The Bertz CT molecular complexity index is 324. The van der Waals surface area contributed by atoms with E-state index >= 15 is 0 Å². The van der Waals surface area contributed by atoms with Crippen molar-refractivity contribution in [2.45, 2.75) is 13.5 Å². The summed E-state index contributed by atoms with van der Waals surface area (Å²) in [6.45, 7) is 7.52. The van der Waals surface area contributed by atoms with Gasteiger partial charge in [0.05, 0.1) is 13.2 Å². The third kappa shape index (κ3) is 2.93. The van der Waals surface area contributed by atoms with Gasteiger partial charge in [0.2, 0.25) is 0 Å². The number of hydrogen-bond acceptors (Lipinski definition) is 4. The number of hydrogen-bond donors (Lipinski definition) is 1. The molecule has 1 aromatic rings. The van der Waals surface area contributed by atoms with Crippen LogP contribution in [0.4, 0.5) is 5.82 Å². The third-order valence-corrected chi connectivity index (χ3v) is 2.72. The lowest BCUT2D eigenvalue weighted by Crippen LogP contribution is -2.36. The molecular weight excluding hydrogens is 202 g/mol. The summed E-state index contributed by atoms with van der Waals surface area (Å²) in [4.78, 5) is 6.69. The number of anilines is 1. The topological polar surface area (TPSA) is 37.4 Å². The molecule has 1 aromatic heterocycles. The van der Waals surface area contributed by atoms with Crippen LogP contribution in [0.15, 0.2) is 18.3 Å². The predicted octanol–water partition coefficient (Wildman–Crippen LogP) is 1.03. The Kier molecular flexibility index (Phi) is 4.13. The van der Waals surface area contributed by atoms with E-state index in [2.05, 4.69) is 34.3 Å². The zero-order chi connectivity index (χ0) is 11.2. The summed E-state index contributed by atoms with van der Waals surface area (Å²) >= 11 is 0. The normalized spacial score (nSPS) is 16.4. The van der Waals surface area contributed by atoms with Crippen LogP contribution in [0.2, 0.25) is 0 Å². The van der Waals surface area contributed by atoms with Gasteiger partial charge in [-0.05, 0) is 24.2 Å². The van der Waals surface area contributed by atoms with Gasteiger partial charge in [-0.2, -0.15) is 0 Å². The standard InChI is InChI=1S/C12H19N3O/c1-2-13-10-11-3-4-14-12(9-11)15-5-7-16-8-6-15/h3-4,9,13H,2,5-8,10H2,1H3.